The van der Waals surface area contributed by atoms with Crippen molar-refractivity contribution in [2.24, 2.45) is 0 Å². The van der Waals surface area contributed by atoms with Gasteiger partial charge in [-0.1, -0.05) is 25.0 Å². The average molecular weight is 373 g/mol. The monoisotopic (exact) mass is 373 g/mol. The normalized spacial score (nSPS) is 17.7. The van der Waals surface area contributed by atoms with Gasteiger partial charge in [0.1, 0.15) is 5.75 Å². The summed E-state index contributed by atoms with van der Waals surface area (Å²) in [7, 11) is 0. The van der Waals surface area contributed by atoms with Crippen molar-refractivity contribution in [2.75, 3.05) is 13.1 Å². The molecule has 0 bridgehead atoms. The van der Waals surface area contributed by atoms with E-state index >= 15 is 0 Å². The largest absolute Gasteiger partial charge is 0.480 e. The summed E-state index contributed by atoms with van der Waals surface area (Å²) < 4.78 is 6.84. The number of carbonyl (C=O) groups excluding carboxylic acids is 1. The number of hydrogen-bond donors (Lipinski definition) is 0. The van der Waals surface area contributed by atoms with E-state index in [-0.39, 0.29) is 5.91 Å². The zero-order valence-corrected chi connectivity index (χ0v) is 13.4. The first-order valence-corrected chi connectivity index (χ1v) is 7.96. The van der Waals surface area contributed by atoms with Crippen LogP contribution in [0.4, 0.5) is 0 Å². The summed E-state index contributed by atoms with van der Waals surface area (Å²) in [5, 5.41) is 0. The highest BCUT2D eigenvalue weighted by molar-refractivity contribution is 14.1. The number of carbonyl (C=O) groups is 1. The SMILES string of the molecule is CC(Oc1ccccc1I)C(=O)N1CCCCCC1. The van der Waals surface area contributed by atoms with Gasteiger partial charge < -0.3 is 9.64 Å². The summed E-state index contributed by atoms with van der Waals surface area (Å²) in [4.78, 5) is 14.3. The second-order valence-corrected chi connectivity index (χ2v) is 6.09. The van der Waals surface area contributed by atoms with Crippen LogP contribution < -0.4 is 4.74 Å². The van der Waals surface area contributed by atoms with Crippen LogP contribution in [-0.2, 0) is 4.79 Å². The Labute approximate surface area is 128 Å². The smallest absolute Gasteiger partial charge is 0.263 e. The van der Waals surface area contributed by atoms with Crippen molar-refractivity contribution in [1.29, 1.82) is 0 Å². The van der Waals surface area contributed by atoms with E-state index in [0.717, 1.165) is 35.3 Å². The fourth-order valence-corrected chi connectivity index (χ4v) is 2.84. The Morgan fingerprint density at radius 3 is 2.47 bits per heavy atom. The molecule has 1 atom stereocenters. The van der Waals surface area contributed by atoms with E-state index in [1.54, 1.807) is 0 Å². The molecule has 3 nitrogen and oxygen atoms in total. The van der Waals surface area contributed by atoms with Crippen LogP contribution in [0, 0.1) is 3.57 Å². The molecule has 0 aliphatic carbocycles. The van der Waals surface area contributed by atoms with Gasteiger partial charge in [-0.05, 0) is 54.5 Å². The number of halogens is 1. The van der Waals surface area contributed by atoms with Gasteiger partial charge in [-0.2, -0.15) is 0 Å². The number of para-hydroxylation sites is 1. The summed E-state index contributed by atoms with van der Waals surface area (Å²) in [5.74, 6) is 0.903. The summed E-state index contributed by atoms with van der Waals surface area (Å²) in [6, 6.07) is 7.80. The quantitative estimate of drug-likeness (QED) is 0.760. The number of ether oxygens (including phenoxy) is 1. The minimum Gasteiger partial charge on any atom is -0.480 e. The number of nitrogens with zero attached hydrogens (tertiary/aromatic N) is 1. The van der Waals surface area contributed by atoms with Crippen molar-refractivity contribution in [3.05, 3.63) is 27.8 Å². The molecule has 0 spiro atoms. The number of benzene rings is 1. The predicted molar refractivity (Wildman–Crippen MR) is 84.3 cm³/mol. The van der Waals surface area contributed by atoms with Crippen LogP contribution in [0.2, 0.25) is 0 Å². The first-order valence-electron chi connectivity index (χ1n) is 6.88. The molecule has 1 unspecified atom stereocenters. The third-order valence-corrected chi connectivity index (χ3v) is 4.30. The number of rotatable bonds is 3. The van der Waals surface area contributed by atoms with E-state index in [0.29, 0.717) is 0 Å². The molecule has 1 heterocycles. The van der Waals surface area contributed by atoms with Crippen LogP contribution >= 0.6 is 22.6 Å². The Hall–Kier alpha value is -0.780. The van der Waals surface area contributed by atoms with Gasteiger partial charge in [0, 0.05) is 13.1 Å². The van der Waals surface area contributed by atoms with E-state index in [1.807, 2.05) is 36.1 Å². The lowest BCUT2D eigenvalue weighted by Crippen LogP contribution is -2.41. The van der Waals surface area contributed by atoms with Crippen LogP contribution in [0.3, 0.4) is 0 Å². The number of hydrogen-bond acceptors (Lipinski definition) is 2. The Kier molecular flexibility index (Phi) is 5.48. The van der Waals surface area contributed by atoms with Crippen LogP contribution in [0.5, 0.6) is 5.75 Å². The molecule has 0 radical (unpaired) electrons. The topological polar surface area (TPSA) is 29.5 Å². The molecule has 1 fully saturated rings. The fourth-order valence-electron chi connectivity index (χ4n) is 2.33. The van der Waals surface area contributed by atoms with Crippen molar-refractivity contribution in [2.45, 2.75) is 38.7 Å². The molecule has 1 saturated heterocycles. The molecule has 0 N–H and O–H groups in total. The second kappa shape index (κ2) is 7.12. The highest BCUT2D eigenvalue weighted by Gasteiger charge is 2.23. The van der Waals surface area contributed by atoms with Gasteiger partial charge in [0.2, 0.25) is 0 Å². The average Bonchev–Trinajstić information content (AvgIpc) is 2.69. The molecule has 4 heteroatoms. The van der Waals surface area contributed by atoms with Crippen molar-refractivity contribution < 1.29 is 9.53 Å². The number of amides is 1. The Balaban J connectivity index is 1.97. The van der Waals surface area contributed by atoms with Crippen molar-refractivity contribution in [1.82, 2.24) is 4.90 Å². The van der Waals surface area contributed by atoms with Crippen molar-refractivity contribution in [3.8, 4) is 5.75 Å². The Morgan fingerprint density at radius 2 is 1.84 bits per heavy atom. The molecular formula is C15H20INO2. The highest BCUT2D eigenvalue weighted by atomic mass is 127. The first kappa shape index (κ1) is 14.6. The molecule has 1 aromatic rings. The summed E-state index contributed by atoms with van der Waals surface area (Å²) in [6.45, 7) is 3.59. The molecule has 0 saturated carbocycles. The molecule has 1 aliphatic rings. The minimum absolute atomic E-state index is 0.113. The molecule has 1 aromatic carbocycles. The van der Waals surface area contributed by atoms with Gasteiger partial charge in [-0.3, -0.25) is 4.79 Å². The van der Waals surface area contributed by atoms with Crippen molar-refractivity contribution >= 4 is 28.5 Å². The van der Waals surface area contributed by atoms with E-state index in [2.05, 4.69) is 22.6 Å². The van der Waals surface area contributed by atoms with Gasteiger partial charge in [-0.25, -0.2) is 0 Å². The van der Waals surface area contributed by atoms with Gasteiger partial charge in [-0.15, -0.1) is 0 Å². The lowest BCUT2D eigenvalue weighted by molar-refractivity contribution is -0.137. The number of likely N-dealkylation sites (tertiary alicyclic amines) is 1. The Morgan fingerprint density at radius 1 is 1.21 bits per heavy atom. The summed E-state index contributed by atoms with van der Waals surface area (Å²) >= 11 is 2.23. The Bertz CT molecular complexity index is 428. The molecule has 2 rings (SSSR count). The highest BCUT2D eigenvalue weighted by Crippen LogP contribution is 2.21. The van der Waals surface area contributed by atoms with Crippen LogP contribution in [-0.4, -0.2) is 30.0 Å². The van der Waals surface area contributed by atoms with Gasteiger partial charge in [0.05, 0.1) is 3.57 Å². The molecular weight excluding hydrogens is 353 g/mol. The first-order chi connectivity index (χ1) is 9.18. The van der Waals surface area contributed by atoms with Gasteiger partial charge >= 0.3 is 0 Å². The third kappa shape index (κ3) is 4.09. The fraction of sp³-hybridized carbons (Fsp3) is 0.533. The minimum atomic E-state index is -0.408. The van der Waals surface area contributed by atoms with E-state index in [1.165, 1.54) is 12.8 Å². The van der Waals surface area contributed by atoms with E-state index < -0.39 is 6.10 Å². The summed E-state index contributed by atoms with van der Waals surface area (Å²) in [6.07, 6.45) is 4.28. The van der Waals surface area contributed by atoms with E-state index in [9.17, 15) is 4.79 Å². The molecule has 1 aliphatic heterocycles. The molecule has 1 amide bonds. The molecule has 0 aromatic heterocycles. The van der Waals surface area contributed by atoms with Gasteiger partial charge in [0.15, 0.2) is 6.10 Å². The predicted octanol–water partition coefficient (Wildman–Crippen LogP) is 3.46. The van der Waals surface area contributed by atoms with Crippen molar-refractivity contribution in [3.63, 3.8) is 0 Å². The maximum atomic E-state index is 12.4. The van der Waals surface area contributed by atoms with E-state index in [4.69, 9.17) is 4.74 Å². The zero-order valence-electron chi connectivity index (χ0n) is 11.3. The van der Waals surface area contributed by atoms with Crippen LogP contribution in [0.1, 0.15) is 32.6 Å². The maximum absolute atomic E-state index is 12.4. The lowest BCUT2D eigenvalue weighted by Gasteiger charge is -2.24. The van der Waals surface area contributed by atoms with Gasteiger partial charge in [0.25, 0.3) is 5.91 Å². The molecule has 104 valence electrons. The summed E-state index contributed by atoms with van der Waals surface area (Å²) in [5.41, 5.74) is 0. The standard InChI is InChI=1S/C15H20INO2/c1-12(19-14-9-5-4-8-13(14)16)15(18)17-10-6-2-3-7-11-17/h4-5,8-9,12H,2-3,6-7,10-11H2,1H3. The second-order valence-electron chi connectivity index (χ2n) is 4.93. The van der Waals surface area contributed by atoms with Crippen LogP contribution in [0.25, 0.3) is 0 Å². The lowest BCUT2D eigenvalue weighted by atomic mass is 10.2. The molecule has 19 heavy (non-hydrogen) atoms. The zero-order chi connectivity index (χ0) is 13.7. The maximum Gasteiger partial charge on any atom is 0.263 e. The van der Waals surface area contributed by atoms with Crippen LogP contribution in [0.15, 0.2) is 24.3 Å². The third-order valence-electron chi connectivity index (χ3n) is 3.41.